The summed E-state index contributed by atoms with van der Waals surface area (Å²) in [5.41, 5.74) is 2.41. The van der Waals surface area contributed by atoms with Gasteiger partial charge in [-0.15, -0.1) is 0 Å². The van der Waals surface area contributed by atoms with Crippen molar-refractivity contribution in [3.63, 3.8) is 0 Å². The Bertz CT molecular complexity index is 904. The summed E-state index contributed by atoms with van der Waals surface area (Å²) >= 11 is 0. The monoisotopic (exact) mass is 276 g/mol. The number of esters is 2. The molecule has 0 unspecified atom stereocenters. The van der Waals surface area contributed by atoms with Crippen LogP contribution in [0.15, 0.2) is 49.1 Å². The Hall–Kier alpha value is -3.08. The molecule has 100 valence electrons. The van der Waals surface area contributed by atoms with Crippen LogP contribution in [0.5, 0.6) is 0 Å². The molecule has 0 amide bonds. The molecule has 21 heavy (non-hydrogen) atoms. The highest BCUT2D eigenvalue weighted by Gasteiger charge is 2.27. The lowest BCUT2D eigenvalue weighted by molar-refractivity contribution is 0.0391. The molecule has 0 atom stereocenters. The number of hydrogen-bond donors (Lipinski definition) is 0. The molecule has 0 bridgehead atoms. The van der Waals surface area contributed by atoms with E-state index in [9.17, 15) is 9.59 Å². The number of carbonyl (C=O) groups excluding carboxylic acids is 2. The molecule has 2 heterocycles. The molecule has 5 heteroatoms. The average molecular weight is 276 g/mol. The molecule has 1 aliphatic rings. The lowest BCUT2D eigenvalue weighted by Gasteiger charge is -2.16. The Labute approximate surface area is 119 Å². The van der Waals surface area contributed by atoms with Crippen LogP contribution in [0.2, 0.25) is 0 Å². The van der Waals surface area contributed by atoms with Crippen molar-refractivity contribution >= 4 is 22.7 Å². The van der Waals surface area contributed by atoms with Crippen molar-refractivity contribution in [2.24, 2.45) is 0 Å². The maximum absolute atomic E-state index is 12.0. The van der Waals surface area contributed by atoms with Crippen molar-refractivity contribution in [1.82, 2.24) is 9.97 Å². The van der Waals surface area contributed by atoms with Gasteiger partial charge in [0.05, 0.1) is 11.1 Å². The molecule has 4 rings (SSSR count). The molecule has 0 aliphatic carbocycles. The van der Waals surface area contributed by atoms with Gasteiger partial charge in [-0.25, -0.2) is 19.6 Å². The van der Waals surface area contributed by atoms with Crippen molar-refractivity contribution in [2.75, 3.05) is 0 Å². The first-order valence-corrected chi connectivity index (χ1v) is 6.33. The van der Waals surface area contributed by atoms with E-state index in [-0.39, 0.29) is 0 Å². The minimum atomic E-state index is -0.623. The molecule has 1 aliphatic heterocycles. The second-order valence-electron chi connectivity index (χ2n) is 4.73. The third-order valence-electron chi connectivity index (χ3n) is 3.50. The van der Waals surface area contributed by atoms with E-state index in [2.05, 4.69) is 9.97 Å². The number of benzene rings is 2. The molecule has 0 fully saturated rings. The van der Waals surface area contributed by atoms with Crippen LogP contribution in [0.1, 0.15) is 20.7 Å². The topological polar surface area (TPSA) is 69.2 Å². The van der Waals surface area contributed by atoms with Crippen LogP contribution in [0.25, 0.3) is 21.9 Å². The van der Waals surface area contributed by atoms with Gasteiger partial charge < -0.3 is 4.74 Å². The van der Waals surface area contributed by atoms with Gasteiger partial charge in [0.2, 0.25) is 0 Å². The standard InChI is InChI=1S/C16H8N2O3/c19-15-12-3-1-2-9-4-10(11-6-17-8-18-7-11)5-13(14(9)12)16(20)21-15/h1-8H. The normalized spacial score (nSPS) is 13.3. The van der Waals surface area contributed by atoms with Gasteiger partial charge in [-0.05, 0) is 29.1 Å². The smallest absolute Gasteiger partial charge is 0.346 e. The largest absolute Gasteiger partial charge is 0.386 e. The zero-order chi connectivity index (χ0) is 14.4. The van der Waals surface area contributed by atoms with Gasteiger partial charge in [0.15, 0.2) is 0 Å². The molecule has 0 saturated heterocycles. The van der Waals surface area contributed by atoms with Gasteiger partial charge in [-0.1, -0.05) is 12.1 Å². The van der Waals surface area contributed by atoms with Crippen LogP contribution >= 0.6 is 0 Å². The average Bonchev–Trinajstić information content (AvgIpc) is 2.53. The number of aromatic nitrogens is 2. The number of carbonyl (C=O) groups is 2. The Morgan fingerprint density at radius 3 is 2.43 bits per heavy atom. The van der Waals surface area contributed by atoms with E-state index >= 15 is 0 Å². The van der Waals surface area contributed by atoms with E-state index in [1.807, 2.05) is 12.1 Å². The molecule has 5 nitrogen and oxygen atoms in total. The summed E-state index contributed by atoms with van der Waals surface area (Å²) in [6, 6.07) is 8.91. The van der Waals surface area contributed by atoms with E-state index < -0.39 is 11.9 Å². The zero-order valence-electron chi connectivity index (χ0n) is 10.7. The number of rotatable bonds is 1. The van der Waals surface area contributed by atoms with E-state index in [1.54, 1.807) is 30.6 Å². The van der Waals surface area contributed by atoms with Crippen LogP contribution in [-0.4, -0.2) is 21.9 Å². The summed E-state index contributed by atoms with van der Waals surface area (Å²) < 4.78 is 4.78. The van der Waals surface area contributed by atoms with E-state index in [4.69, 9.17) is 4.74 Å². The summed E-state index contributed by atoms with van der Waals surface area (Å²) in [6.07, 6.45) is 4.79. The summed E-state index contributed by atoms with van der Waals surface area (Å²) in [6.45, 7) is 0. The molecule has 1 aromatic heterocycles. The summed E-state index contributed by atoms with van der Waals surface area (Å²) in [4.78, 5) is 31.7. The molecule has 0 N–H and O–H groups in total. The minimum absolute atomic E-state index is 0.390. The molecule has 2 aromatic carbocycles. The molecule has 0 saturated carbocycles. The fourth-order valence-corrected chi connectivity index (χ4v) is 2.57. The molecular formula is C16H8N2O3. The maximum atomic E-state index is 12.0. The SMILES string of the molecule is O=C1OC(=O)c2cc(-c3cncnc3)cc3cccc1c23. The first-order chi connectivity index (χ1) is 10.2. The number of ether oxygens (including phenoxy) is 1. The highest BCUT2D eigenvalue weighted by Crippen LogP contribution is 2.32. The van der Waals surface area contributed by atoms with Gasteiger partial charge in [-0.3, -0.25) is 0 Å². The Morgan fingerprint density at radius 1 is 0.857 bits per heavy atom. The van der Waals surface area contributed by atoms with Crippen LogP contribution < -0.4 is 0 Å². The van der Waals surface area contributed by atoms with Gasteiger partial charge in [0, 0.05) is 23.3 Å². The van der Waals surface area contributed by atoms with Gasteiger partial charge >= 0.3 is 11.9 Å². The fourth-order valence-electron chi connectivity index (χ4n) is 2.57. The predicted molar refractivity (Wildman–Crippen MR) is 74.7 cm³/mol. The lowest BCUT2D eigenvalue weighted by atomic mass is 9.93. The maximum Gasteiger partial charge on any atom is 0.346 e. The number of cyclic esters (lactones) is 2. The van der Waals surface area contributed by atoms with E-state index in [0.717, 1.165) is 16.5 Å². The number of hydrogen-bond acceptors (Lipinski definition) is 5. The fraction of sp³-hybridized carbons (Fsp3) is 0. The van der Waals surface area contributed by atoms with Crippen molar-refractivity contribution < 1.29 is 14.3 Å². The van der Waals surface area contributed by atoms with Crippen molar-refractivity contribution in [2.45, 2.75) is 0 Å². The van der Waals surface area contributed by atoms with E-state index in [0.29, 0.717) is 16.5 Å². The third kappa shape index (κ3) is 1.71. The number of nitrogens with zero attached hydrogens (tertiary/aromatic N) is 2. The quantitative estimate of drug-likeness (QED) is 0.504. The first kappa shape index (κ1) is 11.7. The minimum Gasteiger partial charge on any atom is -0.386 e. The molecule has 3 aromatic rings. The lowest BCUT2D eigenvalue weighted by Crippen LogP contribution is -2.19. The second kappa shape index (κ2) is 4.21. The molecule has 0 spiro atoms. The highest BCUT2D eigenvalue weighted by molar-refractivity contribution is 6.21. The Morgan fingerprint density at radius 2 is 1.62 bits per heavy atom. The van der Waals surface area contributed by atoms with Crippen LogP contribution in [0.3, 0.4) is 0 Å². The van der Waals surface area contributed by atoms with Crippen molar-refractivity contribution in [3.8, 4) is 11.1 Å². The summed E-state index contributed by atoms with van der Waals surface area (Å²) in [7, 11) is 0. The first-order valence-electron chi connectivity index (χ1n) is 6.33. The zero-order valence-corrected chi connectivity index (χ0v) is 10.7. The van der Waals surface area contributed by atoms with Gasteiger partial charge in [0.1, 0.15) is 6.33 Å². The van der Waals surface area contributed by atoms with Crippen LogP contribution in [-0.2, 0) is 4.74 Å². The molecule has 0 radical (unpaired) electrons. The molecular weight excluding hydrogens is 268 g/mol. The van der Waals surface area contributed by atoms with Crippen LogP contribution in [0.4, 0.5) is 0 Å². The summed E-state index contributed by atoms with van der Waals surface area (Å²) in [5, 5.41) is 1.45. The van der Waals surface area contributed by atoms with E-state index in [1.165, 1.54) is 6.33 Å². The van der Waals surface area contributed by atoms with Crippen molar-refractivity contribution in [3.05, 3.63) is 60.2 Å². The third-order valence-corrected chi connectivity index (χ3v) is 3.50. The Kier molecular flexibility index (Phi) is 2.35. The van der Waals surface area contributed by atoms with Gasteiger partial charge in [-0.2, -0.15) is 0 Å². The highest BCUT2D eigenvalue weighted by atomic mass is 16.6. The Balaban J connectivity index is 2.08. The second-order valence-corrected chi connectivity index (χ2v) is 4.73. The summed E-state index contributed by atoms with van der Waals surface area (Å²) in [5.74, 6) is -1.23. The van der Waals surface area contributed by atoms with Gasteiger partial charge in [0.25, 0.3) is 0 Å². The van der Waals surface area contributed by atoms with Crippen molar-refractivity contribution in [1.29, 1.82) is 0 Å². The predicted octanol–water partition coefficient (Wildman–Crippen LogP) is 2.61. The van der Waals surface area contributed by atoms with Crippen LogP contribution in [0, 0.1) is 0 Å².